The number of amides is 1. The second kappa shape index (κ2) is 6.72. The molecule has 1 fully saturated rings. The second-order valence-electron chi connectivity index (χ2n) is 6.91. The average molecular weight is 332 g/mol. The number of carbonyl (C=O) groups excluding carboxylic acids is 1. The summed E-state index contributed by atoms with van der Waals surface area (Å²) in [6.07, 6.45) is 3.37. The number of rotatable bonds is 4. The lowest BCUT2D eigenvalue weighted by Crippen LogP contribution is -2.37. The zero-order valence-corrected chi connectivity index (χ0v) is 14.4. The molecule has 0 unspecified atom stereocenters. The van der Waals surface area contributed by atoms with Crippen LogP contribution in [0, 0.1) is 5.41 Å². The summed E-state index contributed by atoms with van der Waals surface area (Å²) in [4.78, 5) is 22.9. The molecule has 130 valence electrons. The summed E-state index contributed by atoms with van der Waals surface area (Å²) < 4.78 is 7.20. The van der Waals surface area contributed by atoms with Crippen LogP contribution in [0.25, 0.3) is 11.0 Å². The Labute approximate surface area is 141 Å². The normalized spacial score (nSPS) is 15.7. The van der Waals surface area contributed by atoms with E-state index in [9.17, 15) is 4.79 Å². The zero-order valence-electron chi connectivity index (χ0n) is 14.4. The summed E-state index contributed by atoms with van der Waals surface area (Å²) in [6, 6.07) is 0. The van der Waals surface area contributed by atoms with Crippen LogP contribution in [-0.4, -0.2) is 58.5 Å². The third-order valence-corrected chi connectivity index (χ3v) is 4.01. The molecular formula is C16H24N6O2. The Hall–Kier alpha value is -2.22. The summed E-state index contributed by atoms with van der Waals surface area (Å²) in [6.45, 7) is 9.83. The smallest absolute Gasteiger partial charge is 0.225 e. The highest BCUT2D eigenvalue weighted by atomic mass is 16.5. The van der Waals surface area contributed by atoms with Crippen LogP contribution in [0.3, 0.4) is 0 Å². The molecule has 1 amide bonds. The second-order valence-corrected chi connectivity index (χ2v) is 6.91. The van der Waals surface area contributed by atoms with Gasteiger partial charge in [-0.2, -0.15) is 5.10 Å². The molecule has 24 heavy (non-hydrogen) atoms. The molecule has 0 saturated carbocycles. The fourth-order valence-electron chi connectivity index (χ4n) is 2.61. The van der Waals surface area contributed by atoms with Crippen LogP contribution in [0.2, 0.25) is 0 Å². The van der Waals surface area contributed by atoms with E-state index in [0.29, 0.717) is 26.3 Å². The van der Waals surface area contributed by atoms with Gasteiger partial charge < -0.3 is 15.0 Å². The number of morpholine rings is 1. The van der Waals surface area contributed by atoms with E-state index in [1.807, 2.05) is 25.5 Å². The van der Waals surface area contributed by atoms with Crippen molar-refractivity contribution < 1.29 is 9.53 Å². The highest BCUT2D eigenvalue weighted by molar-refractivity contribution is 5.86. The molecule has 0 bridgehead atoms. The molecule has 0 aliphatic carbocycles. The average Bonchev–Trinajstić information content (AvgIpc) is 2.98. The predicted molar refractivity (Wildman–Crippen MR) is 90.8 cm³/mol. The lowest BCUT2D eigenvalue weighted by molar-refractivity contribution is -0.128. The van der Waals surface area contributed by atoms with Crippen molar-refractivity contribution in [2.24, 2.45) is 5.41 Å². The Morgan fingerprint density at radius 2 is 2.04 bits per heavy atom. The minimum absolute atomic E-state index is 0.0302. The molecule has 1 aliphatic heterocycles. The zero-order chi connectivity index (χ0) is 17.2. The third kappa shape index (κ3) is 3.48. The number of anilines is 1. The lowest BCUT2D eigenvalue weighted by atomic mass is 9.96. The van der Waals surface area contributed by atoms with E-state index < -0.39 is 5.41 Å². The van der Waals surface area contributed by atoms with Gasteiger partial charge in [0, 0.05) is 25.0 Å². The Kier molecular flexibility index (Phi) is 4.66. The van der Waals surface area contributed by atoms with Crippen LogP contribution >= 0.6 is 0 Å². The van der Waals surface area contributed by atoms with Crippen LogP contribution in [0.15, 0.2) is 12.5 Å². The molecule has 0 atom stereocenters. The van der Waals surface area contributed by atoms with Gasteiger partial charge >= 0.3 is 0 Å². The number of hydrogen-bond acceptors (Lipinski definition) is 6. The molecule has 3 heterocycles. The van der Waals surface area contributed by atoms with E-state index in [4.69, 9.17) is 4.74 Å². The molecule has 0 aromatic carbocycles. The monoisotopic (exact) mass is 332 g/mol. The first-order valence-electron chi connectivity index (χ1n) is 8.24. The fraction of sp³-hybridized carbons (Fsp3) is 0.625. The third-order valence-electron chi connectivity index (χ3n) is 4.01. The summed E-state index contributed by atoms with van der Waals surface area (Å²) in [5.74, 6) is 0.927. The molecule has 2 aromatic heterocycles. The van der Waals surface area contributed by atoms with Gasteiger partial charge in [0.15, 0.2) is 5.65 Å². The number of nitrogens with one attached hydrogen (secondary N) is 1. The van der Waals surface area contributed by atoms with Gasteiger partial charge in [-0.15, -0.1) is 0 Å². The molecule has 3 rings (SSSR count). The Balaban J connectivity index is 1.72. The summed E-state index contributed by atoms with van der Waals surface area (Å²) in [7, 11) is 0. The summed E-state index contributed by atoms with van der Waals surface area (Å²) in [5, 5.41) is 8.28. The van der Waals surface area contributed by atoms with Gasteiger partial charge in [-0.1, -0.05) is 20.8 Å². The fourth-order valence-corrected chi connectivity index (χ4v) is 2.61. The molecule has 0 spiro atoms. The van der Waals surface area contributed by atoms with E-state index in [2.05, 4.69) is 25.3 Å². The van der Waals surface area contributed by atoms with Crippen molar-refractivity contribution in [3.8, 4) is 0 Å². The SMILES string of the molecule is CC(C)(C)C(=O)NCCn1ncc2c(N3CCOCC3)ncnc21. The molecular weight excluding hydrogens is 308 g/mol. The number of aromatic nitrogens is 4. The van der Waals surface area contributed by atoms with E-state index in [-0.39, 0.29) is 5.91 Å². The van der Waals surface area contributed by atoms with Gasteiger partial charge in [0.2, 0.25) is 5.91 Å². The number of ether oxygens (including phenoxy) is 1. The quantitative estimate of drug-likeness (QED) is 0.892. The first-order chi connectivity index (χ1) is 11.5. The summed E-state index contributed by atoms with van der Waals surface area (Å²) >= 11 is 0. The number of fused-ring (bicyclic) bond motifs is 1. The van der Waals surface area contributed by atoms with Crippen LogP contribution in [0.1, 0.15) is 20.8 Å². The number of carbonyl (C=O) groups is 1. The van der Waals surface area contributed by atoms with Gasteiger partial charge in [0.1, 0.15) is 12.1 Å². The van der Waals surface area contributed by atoms with Crippen LogP contribution in [0.4, 0.5) is 5.82 Å². The van der Waals surface area contributed by atoms with Crippen molar-refractivity contribution in [1.29, 1.82) is 0 Å². The van der Waals surface area contributed by atoms with Crippen molar-refractivity contribution >= 4 is 22.8 Å². The highest BCUT2D eigenvalue weighted by Gasteiger charge is 2.21. The molecule has 0 radical (unpaired) electrons. The molecule has 8 nitrogen and oxygen atoms in total. The van der Waals surface area contributed by atoms with Crippen molar-refractivity contribution in [2.45, 2.75) is 27.3 Å². The minimum Gasteiger partial charge on any atom is -0.378 e. The lowest BCUT2D eigenvalue weighted by Gasteiger charge is -2.27. The van der Waals surface area contributed by atoms with Crippen molar-refractivity contribution in [2.75, 3.05) is 37.7 Å². The topological polar surface area (TPSA) is 85.2 Å². The van der Waals surface area contributed by atoms with Crippen molar-refractivity contribution in [1.82, 2.24) is 25.1 Å². The van der Waals surface area contributed by atoms with Gasteiger partial charge in [-0.05, 0) is 0 Å². The van der Waals surface area contributed by atoms with E-state index in [1.165, 1.54) is 0 Å². The van der Waals surface area contributed by atoms with E-state index in [0.717, 1.165) is 29.9 Å². The number of nitrogens with zero attached hydrogens (tertiary/aromatic N) is 5. The predicted octanol–water partition coefficient (Wildman–Crippen LogP) is 0.825. The van der Waals surface area contributed by atoms with Crippen LogP contribution in [0.5, 0.6) is 0 Å². The number of hydrogen-bond donors (Lipinski definition) is 1. The molecule has 2 aromatic rings. The molecule has 8 heteroatoms. The van der Waals surface area contributed by atoms with Crippen molar-refractivity contribution in [3.05, 3.63) is 12.5 Å². The highest BCUT2D eigenvalue weighted by Crippen LogP contribution is 2.23. The maximum Gasteiger partial charge on any atom is 0.225 e. The standard InChI is InChI=1S/C16H24N6O2/c1-16(2,3)15(23)17-4-5-22-14-12(10-20-22)13(18-11-19-14)21-6-8-24-9-7-21/h10-11H,4-9H2,1-3H3,(H,17,23). The maximum atomic E-state index is 11.9. The molecule has 1 aliphatic rings. The van der Waals surface area contributed by atoms with Gasteiger partial charge in [-0.25, -0.2) is 14.6 Å². The van der Waals surface area contributed by atoms with Gasteiger partial charge in [0.05, 0.1) is 31.3 Å². The van der Waals surface area contributed by atoms with E-state index in [1.54, 1.807) is 12.5 Å². The van der Waals surface area contributed by atoms with Crippen LogP contribution in [-0.2, 0) is 16.1 Å². The first-order valence-corrected chi connectivity index (χ1v) is 8.24. The van der Waals surface area contributed by atoms with Crippen LogP contribution < -0.4 is 10.2 Å². The van der Waals surface area contributed by atoms with Crippen molar-refractivity contribution in [3.63, 3.8) is 0 Å². The molecule has 1 saturated heterocycles. The van der Waals surface area contributed by atoms with Gasteiger partial charge in [-0.3, -0.25) is 4.79 Å². The molecule has 1 N–H and O–H groups in total. The first kappa shape index (κ1) is 16.6. The Morgan fingerprint density at radius 3 is 2.75 bits per heavy atom. The maximum absolute atomic E-state index is 11.9. The Bertz CT molecular complexity index is 715. The van der Waals surface area contributed by atoms with Gasteiger partial charge in [0.25, 0.3) is 0 Å². The Morgan fingerprint density at radius 1 is 1.29 bits per heavy atom. The largest absolute Gasteiger partial charge is 0.378 e. The minimum atomic E-state index is -0.391. The van der Waals surface area contributed by atoms with E-state index >= 15 is 0 Å². The summed E-state index contributed by atoms with van der Waals surface area (Å²) in [5.41, 5.74) is 0.397.